The van der Waals surface area contributed by atoms with Crippen LogP contribution in [0.25, 0.3) is 0 Å². The van der Waals surface area contributed by atoms with Gasteiger partial charge in [-0.2, -0.15) is 0 Å². The largest absolute Gasteiger partial charge is 0.354 e. The molecule has 0 aromatic heterocycles. The number of amides is 1. The minimum atomic E-state index is -0.515. The van der Waals surface area contributed by atoms with E-state index in [9.17, 15) is 4.79 Å². The van der Waals surface area contributed by atoms with Gasteiger partial charge in [-0.1, -0.05) is 54.1 Å². The van der Waals surface area contributed by atoms with Crippen LogP contribution in [0.3, 0.4) is 0 Å². The summed E-state index contributed by atoms with van der Waals surface area (Å²) in [7, 11) is 0. The first-order chi connectivity index (χ1) is 11.1. The van der Waals surface area contributed by atoms with Crippen LogP contribution in [0.5, 0.6) is 0 Å². The zero-order chi connectivity index (χ0) is 16.3. The van der Waals surface area contributed by atoms with Gasteiger partial charge < -0.3 is 11.1 Å². The number of benzene rings is 2. The van der Waals surface area contributed by atoms with Crippen LogP contribution in [0.2, 0.25) is 5.02 Å². The predicted octanol–water partition coefficient (Wildman–Crippen LogP) is 3.06. The molecule has 3 N–H and O–H groups in total. The molecule has 0 heterocycles. The molecule has 1 atom stereocenters. The van der Waals surface area contributed by atoms with Gasteiger partial charge in [-0.15, -0.1) is 0 Å². The van der Waals surface area contributed by atoms with Crippen molar-refractivity contribution in [3.05, 3.63) is 70.7 Å². The molecule has 0 radical (unpaired) electrons. The number of nitrogens with one attached hydrogen (secondary N) is 1. The lowest BCUT2D eigenvalue weighted by Crippen LogP contribution is -2.44. The Hall–Kier alpha value is -1.84. The van der Waals surface area contributed by atoms with E-state index in [1.54, 1.807) is 0 Å². The fourth-order valence-electron chi connectivity index (χ4n) is 2.87. The van der Waals surface area contributed by atoms with Gasteiger partial charge >= 0.3 is 0 Å². The van der Waals surface area contributed by atoms with Crippen molar-refractivity contribution in [3.63, 3.8) is 0 Å². The maximum atomic E-state index is 12.3. The molecule has 23 heavy (non-hydrogen) atoms. The van der Waals surface area contributed by atoms with E-state index in [0.717, 1.165) is 23.4 Å². The summed E-state index contributed by atoms with van der Waals surface area (Å²) in [4.78, 5) is 12.3. The Labute approximate surface area is 141 Å². The molecule has 0 saturated heterocycles. The van der Waals surface area contributed by atoms with Gasteiger partial charge in [0.05, 0.1) is 6.04 Å². The van der Waals surface area contributed by atoms with Gasteiger partial charge in [-0.05, 0) is 42.5 Å². The third kappa shape index (κ3) is 3.92. The summed E-state index contributed by atoms with van der Waals surface area (Å²) in [6, 6.07) is 17.2. The van der Waals surface area contributed by atoms with E-state index in [1.165, 1.54) is 5.56 Å². The first kappa shape index (κ1) is 16.0. The fourth-order valence-corrected chi connectivity index (χ4v) is 3.00. The van der Waals surface area contributed by atoms with Crippen molar-refractivity contribution >= 4 is 17.5 Å². The second kappa shape index (κ2) is 6.73. The van der Waals surface area contributed by atoms with E-state index >= 15 is 0 Å². The van der Waals surface area contributed by atoms with Crippen LogP contribution in [0, 0.1) is 0 Å². The number of carbonyl (C=O) groups is 1. The van der Waals surface area contributed by atoms with Crippen molar-refractivity contribution in [2.45, 2.75) is 30.7 Å². The molecular weight excluding hydrogens is 308 g/mol. The summed E-state index contributed by atoms with van der Waals surface area (Å²) < 4.78 is 0. The highest BCUT2D eigenvalue weighted by Gasteiger charge is 2.44. The molecule has 1 aliphatic rings. The number of hydrogen-bond acceptors (Lipinski definition) is 2. The summed E-state index contributed by atoms with van der Waals surface area (Å²) in [6.45, 7) is 0.635. The minimum Gasteiger partial charge on any atom is -0.354 e. The highest BCUT2D eigenvalue weighted by atomic mass is 35.5. The van der Waals surface area contributed by atoms with Crippen molar-refractivity contribution in [2.24, 2.45) is 5.73 Å². The molecule has 1 amide bonds. The molecule has 3 nitrogen and oxygen atoms in total. The Bertz CT molecular complexity index is 666. The number of hydrogen-bond donors (Lipinski definition) is 2. The predicted molar refractivity (Wildman–Crippen MR) is 93.5 cm³/mol. The Kier molecular flexibility index (Phi) is 4.69. The summed E-state index contributed by atoms with van der Waals surface area (Å²) in [5.74, 6) is -0.0888. The Morgan fingerprint density at radius 3 is 2.39 bits per heavy atom. The summed E-state index contributed by atoms with van der Waals surface area (Å²) in [6.07, 6.45) is 2.73. The summed E-state index contributed by atoms with van der Waals surface area (Å²) in [5.41, 5.74) is 8.40. The topological polar surface area (TPSA) is 55.1 Å². The lowest BCUT2D eigenvalue weighted by Gasteiger charge is -2.19. The van der Waals surface area contributed by atoms with Gasteiger partial charge in [0.1, 0.15) is 0 Å². The van der Waals surface area contributed by atoms with Crippen LogP contribution in [0.1, 0.15) is 24.0 Å². The Morgan fingerprint density at radius 2 is 1.78 bits per heavy atom. The van der Waals surface area contributed by atoms with Crippen LogP contribution >= 0.6 is 11.6 Å². The third-order valence-electron chi connectivity index (χ3n) is 4.55. The van der Waals surface area contributed by atoms with Gasteiger partial charge in [-0.25, -0.2) is 0 Å². The van der Waals surface area contributed by atoms with Crippen LogP contribution in [-0.4, -0.2) is 18.5 Å². The van der Waals surface area contributed by atoms with Gasteiger partial charge in [0, 0.05) is 17.0 Å². The molecule has 0 aliphatic heterocycles. The lowest BCUT2D eigenvalue weighted by molar-refractivity contribution is -0.122. The van der Waals surface area contributed by atoms with E-state index in [1.807, 2.05) is 54.6 Å². The Balaban J connectivity index is 1.55. The molecule has 0 bridgehead atoms. The fraction of sp³-hybridized carbons (Fsp3) is 0.316. The highest BCUT2D eigenvalue weighted by molar-refractivity contribution is 6.30. The summed E-state index contributed by atoms with van der Waals surface area (Å²) in [5, 5.41) is 3.76. The number of halogens is 1. The molecule has 1 fully saturated rings. The second-order valence-electron chi connectivity index (χ2n) is 6.30. The molecule has 2 aromatic carbocycles. The van der Waals surface area contributed by atoms with E-state index in [2.05, 4.69) is 5.32 Å². The van der Waals surface area contributed by atoms with Crippen molar-refractivity contribution in [3.8, 4) is 0 Å². The zero-order valence-corrected chi connectivity index (χ0v) is 13.7. The van der Waals surface area contributed by atoms with E-state index in [0.29, 0.717) is 13.0 Å². The Morgan fingerprint density at radius 1 is 1.13 bits per heavy atom. The second-order valence-corrected chi connectivity index (χ2v) is 6.74. The van der Waals surface area contributed by atoms with E-state index < -0.39 is 6.04 Å². The van der Waals surface area contributed by atoms with Gasteiger partial charge in [0.25, 0.3) is 0 Å². The zero-order valence-electron chi connectivity index (χ0n) is 13.0. The molecule has 4 heteroatoms. The van der Waals surface area contributed by atoms with Crippen molar-refractivity contribution in [2.75, 3.05) is 6.54 Å². The molecule has 0 unspecified atom stereocenters. The third-order valence-corrected chi connectivity index (χ3v) is 4.80. The molecule has 0 spiro atoms. The number of rotatable bonds is 6. The standard InChI is InChI=1S/C19H21ClN2O/c20-16-8-6-15(7-9-16)19(10-11-19)13-22-18(23)17(21)12-14-4-2-1-3-5-14/h1-9,17H,10-13,21H2,(H,22,23)/t17-/m0/s1. The highest BCUT2D eigenvalue weighted by Crippen LogP contribution is 2.47. The van der Waals surface area contributed by atoms with Crippen LogP contribution in [0.4, 0.5) is 0 Å². The number of carbonyl (C=O) groups excluding carboxylic acids is 1. The van der Waals surface area contributed by atoms with Crippen LogP contribution in [-0.2, 0) is 16.6 Å². The normalized spacial score (nSPS) is 16.6. The van der Waals surface area contributed by atoms with Gasteiger partial charge in [-0.3, -0.25) is 4.79 Å². The molecule has 2 aromatic rings. The van der Waals surface area contributed by atoms with Crippen molar-refractivity contribution in [1.29, 1.82) is 0 Å². The van der Waals surface area contributed by atoms with E-state index in [-0.39, 0.29) is 11.3 Å². The molecule has 120 valence electrons. The number of nitrogens with two attached hydrogens (primary N) is 1. The molecule has 1 saturated carbocycles. The first-order valence-corrected chi connectivity index (χ1v) is 8.30. The van der Waals surface area contributed by atoms with Crippen molar-refractivity contribution < 1.29 is 4.79 Å². The van der Waals surface area contributed by atoms with Gasteiger partial charge in [0.2, 0.25) is 5.91 Å². The smallest absolute Gasteiger partial charge is 0.237 e. The molecule has 1 aliphatic carbocycles. The van der Waals surface area contributed by atoms with Crippen molar-refractivity contribution in [1.82, 2.24) is 5.32 Å². The molecular formula is C19H21ClN2O. The summed E-state index contributed by atoms with van der Waals surface area (Å²) >= 11 is 5.94. The quantitative estimate of drug-likeness (QED) is 0.856. The maximum Gasteiger partial charge on any atom is 0.237 e. The van der Waals surface area contributed by atoms with Gasteiger partial charge in [0.15, 0.2) is 0 Å². The first-order valence-electron chi connectivity index (χ1n) is 7.92. The van der Waals surface area contributed by atoms with Crippen LogP contribution < -0.4 is 11.1 Å². The van der Waals surface area contributed by atoms with Crippen LogP contribution in [0.15, 0.2) is 54.6 Å². The van der Waals surface area contributed by atoms with E-state index in [4.69, 9.17) is 17.3 Å². The molecule has 3 rings (SSSR count). The lowest BCUT2D eigenvalue weighted by atomic mass is 9.95. The maximum absolute atomic E-state index is 12.3. The minimum absolute atomic E-state index is 0.0622. The average molecular weight is 329 g/mol. The SMILES string of the molecule is N[C@@H](Cc1ccccc1)C(=O)NCC1(c2ccc(Cl)cc2)CC1. The average Bonchev–Trinajstić information content (AvgIpc) is 3.35. The monoisotopic (exact) mass is 328 g/mol.